The predicted octanol–water partition coefficient (Wildman–Crippen LogP) is 2.50. The first-order chi connectivity index (χ1) is 5.68. The van der Waals surface area contributed by atoms with Crippen molar-refractivity contribution in [2.24, 2.45) is 0 Å². The fourth-order valence-electron chi connectivity index (χ4n) is 0.975. The highest BCUT2D eigenvalue weighted by Crippen LogP contribution is 2.05. The lowest BCUT2D eigenvalue weighted by molar-refractivity contribution is -0.307. The highest BCUT2D eigenvalue weighted by Gasteiger charge is 2.16. The molecular weight excluding hydrogens is 174 g/mol. The summed E-state index contributed by atoms with van der Waals surface area (Å²) >= 11 is 3.36. The van der Waals surface area contributed by atoms with Gasteiger partial charge in [0.05, 0.1) is 6.42 Å². The van der Waals surface area contributed by atoms with E-state index in [0.717, 1.165) is 19.3 Å². The molecule has 0 aromatic heterocycles. The topological polar surface area (TPSA) is 37.1 Å². The first-order valence-electron chi connectivity index (χ1n) is 4.37. The Balaban J connectivity index is 3.20. The number of hydrogen-bond donors (Lipinski definition) is 1. The van der Waals surface area contributed by atoms with Gasteiger partial charge in [-0.05, 0) is 6.42 Å². The third-order valence-corrected chi connectivity index (χ3v) is 1.93. The van der Waals surface area contributed by atoms with Gasteiger partial charge < -0.3 is 0 Å². The minimum absolute atomic E-state index is 0.111. The third kappa shape index (κ3) is 6.34. The standard InChI is InChI=1S/C8H16NO2S/c1-2-3-4-5-6-7-8(10)9(11)12/h2-7H2,1H3,(H,11,12)/q+1. The Hall–Kier alpha value is -0.380. The van der Waals surface area contributed by atoms with E-state index in [4.69, 9.17) is 0 Å². The summed E-state index contributed by atoms with van der Waals surface area (Å²) in [5.74, 6) is -0.435. The van der Waals surface area contributed by atoms with Crippen molar-refractivity contribution >= 4 is 18.7 Å². The maximum Gasteiger partial charge on any atom is 0.448 e. The summed E-state index contributed by atoms with van der Waals surface area (Å²) in [7, 11) is 0. The molecule has 0 saturated heterocycles. The lowest BCUT2D eigenvalue weighted by Crippen LogP contribution is -2.07. The summed E-state index contributed by atoms with van der Waals surface area (Å²) in [6.07, 6.45) is 5.70. The van der Waals surface area contributed by atoms with Crippen LogP contribution in [0.3, 0.4) is 0 Å². The second kappa shape index (κ2) is 7.28. The molecule has 0 spiro atoms. The van der Waals surface area contributed by atoms with Crippen molar-refractivity contribution in [1.82, 2.24) is 0 Å². The van der Waals surface area contributed by atoms with Gasteiger partial charge in [-0.2, -0.15) is 0 Å². The van der Waals surface area contributed by atoms with Gasteiger partial charge in [0.25, 0.3) is 0 Å². The van der Waals surface area contributed by atoms with Crippen molar-refractivity contribution < 1.29 is 8.96 Å². The quantitative estimate of drug-likeness (QED) is 0.397. The Morgan fingerprint density at radius 3 is 2.33 bits per heavy atom. The van der Waals surface area contributed by atoms with E-state index < -0.39 is 5.91 Å². The normalized spacial score (nSPS) is 9.83. The molecule has 0 unspecified atom stereocenters. The van der Waals surface area contributed by atoms with Gasteiger partial charge in [-0.1, -0.05) is 32.6 Å². The summed E-state index contributed by atoms with van der Waals surface area (Å²) in [6.45, 7) is 2.14. The van der Waals surface area contributed by atoms with Crippen LogP contribution in [0.25, 0.3) is 0 Å². The van der Waals surface area contributed by atoms with E-state index in [0.29, 0.717) is 6.42 Å². The van der Waals surface area contributed by atoms with Gasteiger partial charge in [0.1, 0.15) is 4.17 Å². The Kier molecular flexibility index (Phi) is 7.05. The van der Waals surface area contributed by atoms with E-state index in [1.165, 1.54) is 12.8 Å². The zero-order chi connectivity index (χ0) is 9.40. The second-order valence-electron chi connectivity index (χ2n) is 2.83. The molecule has 0 aromatic carbocycles. The first-order valence-corrected chi connectivity index (χ1v) is 4.77. The van der Waals surface area contributed by atoms with Gasteiger partial charge in [0, 0.05) is 4.91 Å². The van der Waals surface area contributed by atoms with Crippen molar-refractivity contribution in [3.05, 3.63) is 4.91 Å². The van der Waals surface area contributed by atoms with Crippen LogP contribution in [0.15, 0.2) is 0 Å². The van der Waals surface area contributed by atoms with Crippen LogP contribution in [-0.2, 0) is 4.79 Å². The number of nitroso groups, excluding NO2 is 1. The number of carbonyl (C=O) groups is 1. The highest BCUT2D eigenvalue weighted by molar-refractivity contribution is 7.74. The lowest BCUT2D eigenvalue weighted by Gasteiger charge is -1.94. The van der Waals surface area contributed by atoms with Crippen molar-refractivity contribution in [3.8, 4) is 0 Å². The highest BCUT2D eigenvalue weighted by atomic mass is 32.1. The average molecular weight is 190 g/mol. The molecule has 0 aliphatic heterocycles. The maximum atomic E-state index is 10.7. The van der Waals surface area contributed by atoms with Gasteiger partial charge in [-0.15, -0.1) is 0 Å². The molecule has 1 amide bonds. The summed E-state index contributed by atoms with van der Waals surface area (Å²) in [4.78, 5) is 21.0. The fraction of sp³-hybridized carbons (Fsp3) is 0.875. The largest absolute Gasteiger partial charge is 0.448 e. The first kappa shape index (κ1) is 11.6. The average Bonchev–Trinajstić information content (AvgIpc) is 2.03. The number of carbonyl (C=O) groups excluding carboxylic acids is 1. The van der Waals surface area contributed by atoms with Crippen LogP contribution in [0, 0.1) is 4.91 Å². The van der Waals surface area contributed by atoms with E-state index in [-0.39, 0.29) is 4.17 Å². The monoisotopic (exact) mass is 190 g/mol. The Bertz CT molecular complexity index is 159. The second-order valence-corrected chi connectivity index (χ2v) is 3.19. The minimum atomic E-state index is -0.435. The summed E-state index contributed by atoms with van der Waals surface area (Å²) in [5, 5.41) is 0. The molecule has 70 valence electrons. The van der Waals surface area contributed by atoms with Crippen LogP contribution < -0.4 is 0 Å². The van der Waals surface area contributed by atoms with Crippen LogP contribution in [-0.4, -0.2) is 10.1 Å². The molecule has 0 aromatic rings. The number of amides is 1. The molecule has 0 fully saturated rings. The number of nitrogens with zero attached hydrogens (tertiary/aromatic N) is 1. The van der Waals surface area contributed by atoms with E-state index in [1.807, 2.05) is 0 Å². The van der Waals surface area contributed by atoms with Crippen molar-refractivity contribution in [2.45, 2.75) is 45.4 Å². The predicted molar refractivity (Wildman–Crippen MR) is 51.0 cm³/mol. The van der Waals surface area contributed by atoms with Gasteiger partial charge >= 0.3 is 5.91 Å². The molecular formula is C8H16NO2S+. The van der Waals surface area contributed by atoms with Gasteiger partial charge in [0.2, 0.25) is 12.8 Å². The molecule has 0 N–H and O–H groups in total. The van der Waals surface area contributed by atoms with E-state index in [9.17, 15) is 9.70 Å². The SMILES string of the molecule is CCCCCCCC(=O)[N+](=O)S. The molecule has 3 nitrogen and oxygen atoms in total. The van der Waals surface area contributed by atoms with Crippen LogP contribution >= 0.6 is 12.8 Å². The Labute approximate surface area is 78.7 Å². The van der Waals surface area contributed by atoms with E-state index in [2.05, 4.69) is 19.7 Å². The third-order valence-electron chi connectivity index (χ3n) is 1.71. The number of unbranched alkanes of at least 4 members (excludes halogenated alkanes) is 4. The van der Waals surface area contributed by atoms with Crippen molar-refractivity contribution in [1.29, 1.82) is 0 Å². The summed E-state index contributed by atoms with van der Waals surface area (Å²) in [6, 6.07) is 0. The molecule has 0 bridgehead atoms. The molecule has 0 radical (unpaired) electrons. The molecule has 4 heteroatoms. The zero-order valence-corrected chi connectivity index (χ0v) is 8.35. The van der Waals surface area contributed by atoms with E-state index in [1.54, 1.807) is 0 Å². The Morgan fingerprint density at radius 2 is 1.83 bits per heavy atom. The molecule has 0 heterocycles. The van der Waals surface area contributed by atoms with Crippen LogP contribution in [0.4, 0.5) is 0 Å². The number of hydrogen-bond acceptors (Lipinski definition) is 2. The summed E-state index contributed by atoms with van der Waals surface area (Å²) in [5.41, 5.74) is 0. The Morgan fingerprint density at radius 1 is 1.25 bits per heavy atom. The molecule has 0 rings (SSSR count). The molecule has 0 aliphatic carbocycles. The molecule has 0 saturated carbocycles. The zero-order valence-electron chi connectivity index (χ0n) is 7.45. The molecule has 0 atom stereocenters. The van der Waals surface area contributed by atoms with Crippen LogP contribution in [0.5, 0.6) is 0 Å². The van der Waals surface area contributed by atoms with Crippen molar-refractivity contribution in [2.75, 3.05) is 0 Å². The van der Waals surface area contributed by atoms with Crippen molar-refractivity contribution in [3.63, 3.8) is 0 Å². The molecule has 12 heavy (non-hydrogen) atoms. The number of rotatable bonds is 6. The van der Waals surface area contributed by atoms with E-state index >= 15 is 0 Å². The lowest BCUT2D eigenvalue weighted by atomic mass is 10.1. The smallest absolute Gasteiger partial charge is 0.214 e. The van der Waals surface area contributed by atoms with Gasteiger partial charge in [0.15, 0.2) is 0 Å². The van der Waals surface area contributed by atoms with Gasteiger partial charge in [-0.25, -0.2) is 4.79 Å². The van der Waals surface area contributed by atoms with Gasteiger partial charge in [-0.3, -0.25) is 0 Å². The fourth-order valence-corrected chi connectivity index (χ4v) is 1.08. The van der Waals surface area contributed by atoms with Crippen LogP contribution in [0.1, 0.15) is 45.4 Å². The summed E-state index contributed by atoms with van der Waals surface area (Å²) < 4.78 is 0.111. The van der Waals surface area contributed by atoms with Crippen LogP contribution in [0.2, 0.25) is 0 Å². The molecule has 0 aliphatic rings. The minimum Gasteiger partial charge on any atom is -0.214 e. The maximum absolute atomic E-state index is 10.7. The number of thiol groups is 1.